The van der Waals surface area contributed by atoms with Gasteiger partial charge < -0.3 is 15.4 Å². The van der Waals surface area contributed by atoms with Crippen molar-refractivity contribution < 1.29 is 14.3 Å². The first-order valence-corrected chi connectivity index (χ1v) is 8.60. The first-order chi connectivity index (χ1) is 12.9. The summed E-state index contributed by atoms with van der Waals surface area (Å²) in [6.07, 6.45) is 1.27. The number of nitrogens with zero attached hydrogens (tertiary/aromatic N) is 1. The molecule has 2 aromatic carbocycles. The van der Waals surface area contributed by atoms with Crippen molar-refractivity contribution in [3.63, 3.8) is 0 Å². The van der Waals surface area contributed by atoms with Crippen molar-refractivity contribution in [2.45, 2.75) is 6.92 Å². The fourth-order valence-electron chi connectivity index (χ4n) is 1.99. The van der Waals surface area contributed by atoms with E-state index in [0.29, 0.717) is 28.6 Å². The second-order valence-corrected chi connectivity index (χ2v) is 6.01. The number of benzene rings is 2. The lowest BCUT2D eigenvalue weighted by Gasteiger charge is -2.07. The summed E-state index contributed by atoms with van der Waals surface area (Å²) in [5.74, 6) is -1.02. The highest BCUT2D eigenvalue weighted by Gasteiger charge is 2.11. The minimum Gasteiger partial charge on any atom is -0.462 e. The number of esters is 1. The second kappa shape index (κ2) is 9.62. The van der Waals surface area contributed by atoms with Crippen LogP contribution in [0.3, 0.4) is 0 Å². The third-order valence-corrected chi connectivity index (χ3v) is 4.06. The molecule has 0 aliphatic heterocycles. The van der Waals surface area contributed by atoms with E-state index in [1.165, 1.54) is 12.3 Å². The molecule has 138 valence electrons. The number of nitrogens with one attached hydrogen (secondary N) is 2. The Morgan fingerprint density at radius 1 is 1.11 bits per heavy atom. The highest BCUT2D eigenvalue weighted by Crippen LogP contribution is 2.25. The molecule has 0 aliphatic rings. The second-order valence-electron chi connectivity index (χ2n) is 5.19. The van der Waals surface area contributed by atoms with Gasteiger partial charge in [-0.1, -0.05) is 23.2 Å². The van der Waals surface area contributed by atoms with Crippen LogP contribution in [0.1, 0.15) is 17.3 Å². The average Bonchev–Trinajstić information content (AvgIpc) is 2.66. The molecule has 0 spiro atoms. The summed E-state index contributed by atoms with van der Waals surface area (Å²) >= 11 is 11.7. The summed E-state index contributed by atoms with van der Waals surface area (Å²) < 4.78 is 4.90. The minimum atomic E-state index is -0.605. The normalized spacial score (nSPS) is 10.7. The maximum Gasteiger partial charge on any atom is 0.338 e. The molecule has 2 aromatic rings. The number of hydrogen-bond acceptors (Lipinski definition) is 5. The molecule has 0 aliphatic carbocycles. The molecule has 0 bridgehead atoms. The van der Waals surface area contributed by atoms with Crippen LogP contribution in [0.2, 0.25) is 10.0 Å². The summed E-state index contributed by atoms with van der Waals surface area (Å²) in [5, 5.41) is 15.2. The molecule has 1 amide bonds. The van der Waals surface area contributed by atoms with Crippen LogP contribution < -0.4 is 10.6 Å². The number of carbonyl (C=O) groups excluding carboxylic acids is 2. The van der Waals surface area contributed by atoms with Crippen molar-refractivity contribution in [1.82, 2.24) is 0 Å². The Morgan fingerprint density at radius 3 is 2.37 bits per heavy atom. The molecule has 0 radical (unpaired) electrons. The first kappa shape index (κ1) is 20.3. The average molecular weight is 404 g/mol. The third kappa shape index (κ3) is 5.74. The Labute approximate surface area is 166 Å². The largest absolute Gasteiger partial charge is 0.462 e. The molecular formula is C19H15Cl2N3O3. The molecule has 2 rings (SSSR count). The van der Waals surface area contributed by atoms with E-state index in [2.05, 4.69) is 10.6 Å². The molecule has 0 heterocycles. The fourth-order valence-corrected chi connectivity index (χ4v) is 2.29. The Hall–Kier alpha value is -3.01. The van der Waals surface area contributed by atoms with Gasteiger partial charge in [-0.2, -0.15) is 5.26 Å². The zero-order valence-electron chi connectivity index (χ0n) is 14.3. The van der Waals surface area contributed by atoms with Gasteiger partial charge in [-0.05, 0) is 49.4 Å². The predicted octanol–water partition coefficient (Wildman–Crippen LogP) is 4.63. The molecular weight excluding hydrogens is 389 g/mol. The van der Waals surface area contributed by atoms with Gasteiger partial charge in [0.15, 0.2) is 0 Å². The maximum atomic E-state index is 12.2. The molecule has 6 nitrogen and oxygen atoms in total. The molecule has 0 saturated heterocycles. The van der Waals surface area contributed by atoms with Gasteiger partial charge in [0, 0.05) is 17.6 Å². The molecule has 0 aromatic heterocycles. The van der Waals surface area contributed by atoms with E-state index in [1.54, 1.807) is 43.3 Å². The minimum absolute atomic E-state index is 0.143. The Morgan fingerprint density at radius 2 is 1.78 bits per heavy atom. The van der Waals surface area contributed by atoms with Gasteiger partial charge in [-0.3, -0.25) is 4.79 Å². The van der Waals surface area contributed by atoms with E-state index in [4.69, 9.17) is 27.9 Å². The van der Waals surface area contributed by atoms with Crippen LogP contribution in [0.5, 0.6) is 0 Å². The lowest BCUT2D eigenvalue weighted by molar-refractivity contribution is -0.112. The molecule has 0 fully saturated rings. The Bertz CT molecular complexity index is 919. The van der Waals surface area contributed by atoms with Crippen LogP contribution in [0.4, 0.5) is 11.4 Å². The van der Waals surface area contributed by atoms with Crippen LogP contribution in [-0.2, 0) is 9.53 Å². The zero-order valence-corrected chi connectivity index (χ0v) is 15.8. The van der Waals surface area contributed by atoms with Gasteiger partial charge >= 0.3 is 5.97 Å². The molecule has 8 heteroatoms. The van der Waals surface area contributed by atoms with Crippen LogP contribution in [0, 0.1) is 11.3 Å². The van der Waals surface area contributed by atoms with Crippen LogP contribution in [0.15, 0.2) is 54.2 Å². The molecule has 0 unspecified atom stereocenters. The van der Waals surface area contributed by atoms with Crippen molar-refractivity contribution in [2.75, 3.05) is 17.2 Å². The number of rotatable bonds is 6. The van der Waals surface area contributed by atoms with Gasteiger partial charge in [0.2, 0.25) is 0 Å². The molecule has 0 saturated carbocycles. The van der Waals surface area contributed by atoms with E-state index >= 15 is 0 Å². The highest BCUT2D eigenvalue weighted by molar-refractivity contribution is 6.42. The van der Waals surface area contributed by atoms with Crippen molar-refractivity contribution in [1.29, 1.82) is 5.26 Å². The van der Waals surface area contributed by atoms with E-state index in [0.717, 1.165) is 0 Å². The summed E-state index contributed by atoms with van der Waals surface area (Å²) in [4.78, 5) is 23.8. The lowest BCUT2D eigenvalue weighted by atomic mass is 10.2. The van der Waals surface area contributed by atoms with E-state index < -0.39 is 11.9 Å². The SMILES string of the molecule is CCOC(=O)c1ccc(N/C=C(/C#N)C(=O)Nc2ccc(Cl)c(Cl)c2)cc1. The van der Waals surface area contributed by atoms with E-state index in [9.17, 15) is 14.9 Å². The fraction of sp³-hybridized carbons (Fsp3) is 0.105. The van der Waals surface area contributed by atoms with E-state index in [-0.39, 0.29) is 10.6 Å². The van der Waals surface area contributed by atoms with Gasteiger partial charge in [0.05, 0.1) is 22.2 Å². The van der Waals surface area contributed by atoms with Crippen molar-refractivity contribution in [3.05, 3.63) is 69.8 Å². The summed E-state index contributed by atoms with van der Waals surface area (Å²) in [6.45, 7) is 2.02. The van der Waals surface area contributed by atoms with Crippen molar-refractivity contribution in [2.24, 2.45) is 0 Å². The third-order valence-electron chi connectivity index (χ3n) is 3.32. The molecule has 2 N–H and O–H groups in total. The zero-order chi connectivity index (χ0) is 19.8. The number of halogens is 2. The van der Waals surface area contributed by atoms with Gasteiger partial charge in [-0.15, -0.1) is 0 Å². The van der Waals surface area contributed by atoms with E-state index in [1.807, 2.05) is 6.07 Å². The Balaban J connectivity index is 2.04. The van der Waals surface area contributed by atoms with Crippen LogP contribution in [-0.4, -0.2) is 18.5 Å². The number of nitriles is 1. The topological polar surface area (TPSA) is 91.2 Å². The summed E-state index contributed by atoms with van der Waals surface area (Å²) in [6, 6.07) is 12.8. The quantitative estimate of drug-likeness (QED) is 0.416. The first-order valence-electron chi connectivity index (χ1n) is 7.85. The Kier molecular flexibility index (Phi) is 7.24. The molecule has 27 heavy (non-hydrogen) atoms. The number of ether oxygens (including phenoxy) is 1. The number of carbonyl (C=O) groups is 2. The van der Waals surface area contributed by atoms with Gasteiger partial charge in [0.1, 0.15) is 11.6 Å². The van der Waals surface area contributed by atoms with Crippen molar-refractivity contribution >= 4 is 46.5 Å². The smallest absolute Gasteiger partial charge is 0.338 e. The number of hydrogen-bond donors (Lipinski definition) is 2. The maximum absolute atomic E-state index is 12.2. The summed E-state index contributed by atoms with van der Waals surface area (Å²) in [5.41, 5.74) is 1.27. The number of amides is 1. The van der Waals surface area contributed by atoms with Crippen molar-refractivity contribution in [3.8, 4) is 6.07 Å². The standard InChI is InChI=1S/C19H15Cl2N3O3/c1-2-27-19(26)12-3-5-14(6-4-12)23-11-13(10-22)18(25)24-15-7-8-16(20)17(21)9-15/h3-9,11,23H,2H2,1H3,(H,24,25)/b13-11-. The van der Waals surface area contributed by atoms with Gasteiger partial charge in [-0.25, -0.2) is 4.79 Å². The van der Waals surface area contributed by atoms with Gasteiger partial charge in [0.25, 0.3) is 5.91 Å². The van der Waals surface area contributed by atoms with Crippen LogP contribution in [0.25, 0.3) is 0 Å². The molecule has 0 atom stereocenters. The number of anilines is 2. The summed E-state index contributed by atoms with van der Waals surface area (Å²) in [7, 11) is 0. The lowest BCUT2D eigenvalue weighted by Crippen LogP contribution is -2.14. The predicted molar refractivity (Wildman–Crippen MR) is 105 cm³/mol. The monoisotopic (exact) mass is 403 g/mol. The van der Waals surface area contributed by atoms with Crippen LogP contribution >= 0.6 is 23.2 Å². The highest BCUT2D eigenvalue weighted by atomic mass is 35.5.